The molecule has 6 nitrogen and oxygen atoms in total. The van der Waals surface area contributed by atoms with E-state index in [0.717, 1.165) is 0 Å². The van der Waals surface area contributed by atoms with Crippen LogP contribution in [0.25, 0.3) is 0 Å². The van der Waals surface area contributed by atoms with Gasteiger partial charge >= 0.3 is 5.97 Å². The quantitative estimate of drug-likeness (QED) is 0.778. The van der Waals surface area contributed by atoms with Crippen molar-refractivity contribution >= 4 is 11.9 Å². The van der Waals surface area contributed by atoms with Crippen molar-refractivity contribution in [3.63, 3.8) is 0 Å². The molecule has 0 aliphatic heterocycles. The largest absolute Gasteiger partial charge is 0.493 e. The monoisotopic (exact) mass is 347 g/mol. The maximum atomic E-state index is 13.5. The Kier molecular flexibility index (Phi) is 6.33. The second-order valence-electron chi connectivity index (χ2n) is 5.01. The Morgan fingerprint density at radius 3 is 2.52 bits per heavy atom. The summed E-state index contributed by atoms with van der Waals surface area (Å²) in [6.07, 6.45) is 0. The number of halogens is 1. The molecule has 0 heterocycles. The van der Waals surface area contributed by atoms with Crippen LogP contribution >= 0.6 is 0 Å². The highest BCUT2D eigenvalue weighted by Crippen LogP contribution is 2.28. The molecule has 0 atom stereocenters. The number of hydrogen-bond acceptors (Lipinski definition) is 5. The van der Waals surface area contributed by atoms with Crippen LogP contribution in [0.4, 0.5) is 4.39 Å². The highest BCUT2D eigenvalue weighted by molar-refractivity contribution is 5.90. The van der Waals surface area contributed by atoms with E-state index >= 15 is 0 Å². The Labute approximate surface area is 144 Å². The fraction of sp³-hybridized carbons (Fsp3) is 0.222. The van der Waals surface area contributed by atoms with Crippen LogP contribution in [0.1, 0.15) is 15.9 Å². The number of nitrogens with one attached hydrogen (secondary N) is 1. The van der Waals surface area contributed by atoms with Gasteiger partial charge in [-0.3, -0.25) is 4.79 Å². The lowest BCUT2D eigenvalue weighted by Crippen LogP contribution is -2.28. The molecule has 0 spiro atoms. The lowest BCUT2D eigenvalue weighted by atomic mass is 10.2. The number of esters is 1. The fourth-order valence-electron chi connectivity index (χ4n) is 2.06. The van der Waals surface area contributed by atoms with Crippen molar-refractivity contribution in [2.45, 2.75) is 6.54 Å². The third-order valence-electron chi connectivity index (χ3n) is 3.38. The number of rotatable bonds is 7. The Balaban J connectivity index is 1.93. The zero-order valence-electron chi connectivity index (χ0n) is 13.9. The van der Waals surface area contributed by atoms with E-state index in [4.69, 9.17) is 9.47 Å². The summed E-state index contributed by atoms with van der Waals surface area (Å²) in [6, 6.07) is 10.6. The number of hydrogen-bond donors (Lipinski definition) is 1. The third kappa shape index (κ3) is 4.94. The standard InChI is InChI=1S/C18H18FNO5/c1-23-16-9-12(18(22)24-2)7-8-15(16)25-11-17(21)20-10-13-5-3-4-6-14(13)19/h3-9H,10-11H2,1-2H3,(H,20,21). The van der Waals surface area contributed by atoms with Crippen LogP contribution in [0, 0.1) is 5.82 Å². The van der Waals surface area contributed by atoms with E-state index in [1.807, 2.05) is 0 Å². The molecule has 0 radical (unpaired) electrons. The van der Waals surface area contributed by atoms with Crippen LogP contribution in [-0.2, 0) is 16.1 Å². The second-order valence-corrected chi connectivity index (χ2v) is 5.01. The molecule has 2 rings (SSSR count). The van der Waals surface area contributed by atoms with Gasteiger partial charge in [0.05, 0.1) is 19.8 Å². The summed E-state index contributed by atoms with van der Waals surface area (Å²) in [5.74, 6) is -0.709. The van der Waals surface area contributed by atoms with E-state index in [1.54, 1.807) is 18.2 Å². The van der Waals surface area contributed by atoms with Gasteiger partial charge in [0.2, 0.25) is 0 Å². The minimum Gasteiger partial charge on any atom is -0.493 e. The molecular formula is C18H18FNO5. The van der Waals surface area contributed by atoms with E-state index in [1.165, 1.54) is 38.5 Å². The van der Waals surface area contributed by atoms with Gasteiger partial charge in [-0.25, -0.2) is 9.18 Å². The van der Waals surface area contributed by atoms with E-state index in [0.29, 0.717) is 22.6 Å². The van der Waals surface area contributed by atoms with E-state index in [2.05, 4.69) is 10.1 Å². The summed E-state index contributed by atoms with van der Waals surface area (Å²) in [7, 11) is 2.70. The van der Waals surface area contributed by atoms with E-state index in [9.17, 15) is 14.0 Å². The molecule has 0 saturated carbocycles. The molecule has 7 heteroatoms. The SMILES string of the molecule is COC(=O)c1ccc(OCC(=O)NCc2ccccc2F)c(OC)c1. The van der Waals surface area contributed by atoms with Gasteiger partial charge < -0.3 is 19.5 Å². The molecule has 0 aliphatic rings. The van der Waals surface area contributed by atoms with Gasteiger partial charge in [0, 0.05) is 12.1 Å². The molecule has 2 aromatic rings. The molecule has 0 aliphatic carbocycles. The van der Waals surface area contributed by atoms with Crippen LogP contribution in [0.2, 0.25) is 0 Å². The molecule has 2 aromatic carbocycles. The van der Waals surface area contributed by atoms with E-state index in [-0.39, 0.29) is 19.0 Å². The topological polar surface area (TPSA) is 73.9 Å². The van der Waals surface area contributed by atoms with E-state index < -0.39 is 11.9 Å². The average molecular weight is 347 g/mol. The normalized spacial score (nSPS) is 10.0. The molecule has 0 bridgehead atoms. The molecule has 0 fully saturated rings. The van der Waals surface area contributed by atoms with Gasteiger partial charge in [-0.1, -0.05) is 18.2 Å². The molecule has 0 aromatic heterocycles. The first-order chi connectivity index (χ1) is 12.0. The zero-order valence-corrected chi connectivity index (χ0v) is 13.9. The number of ether oxygens (including phenoxy) is 3. The minimum absolute atomic E-state index is 0.0628. The molecule has 25 heavy (non-hydrogen) atoms. The number of carbonyl (C=O) groups is 2. The molecule has 0 unspecified atom stereocenters. The predicted molar refractivity (Wildman–Crippen MR) is 88.1 cm³/mol. The maximum Gasteiger partial charge on any atom is 0.337 e. The second kappa shape index (κ2) is 8.68. The summed E-state index contributed by atoms with van der Waals surface area (Å²) in [5.41, 5.74) is 0.687. The summed E-state index contributed by atoms with van der Waals surface area (Å²) < 4.78 is 28.7. The van der Waals surface area contributed by atoms with Crippen molar-refractivity contribution in [1.29, 1.82) is 0 Å². The van der Waals surface area contributed by atoms with Crippen molar-refractivity contribution in [1.82, 2.24) is 5.32 Å². The highest BCUT2D eigenvalue weighted by atomic mass is 19.1. The van der Waals surface area contributed by atoms with Gasteiger partial charge in [0.15, 0.2) is 18.1 Å². The lowest BCUT2D eigenvalue weighted by molar-refractivity contribution is -0.123. The first-order valence-corrected chi connectivity index (χ1v) is 7.44. The summed E-state index contributed by atoms with van der Waals surface area (Å²) in [6.45, 7) is -0.213. The van der Waals surface area contributed by atoms with Crippen molar-refractivity contribution in [2.75, 3.05) is 20.8 Å². The zero-order chi connectivity index (χ0) is 18.2. The van der Waals surface area contributed by atoms with Crippen LogP contribution in [0.3, 0.4) is 0 Å². The average Bonchev–Trinajstić information content (AvgIpc) is 2.64. The summed E-state index contributed by atoms with van der Waals surface area (Å²) >= 11 is 0. The Morgan fingerprint density at radius 2 is 1.84 bits per heavy atom. The summed E-state index contributed by atoms with van der Waals surface area (Å²) in [5, 5.41) is 2.57. The molecule has 0 saturated heterocycles. The number of amides is 1. The lowest BCUT2D eigenvalue weighted by Gasteiger charge is -2.12. The van der Waals surface area contributed by atoms with Crippen LogP contribution < -0.4 is 14.8 Å². The maximum absolute atomic E-state index is 13.5. The van der Waals surface area contributed by atoms with Crippen LogP contribution in [-0.4, -0.2) is 32.7 Å². The van der Waals surface area contributed by atoms with Gasteiger partial charge in [-0.2, -0.15) is 0 Å². The minimum atomic E-state index is -0.507. The first kappa shape index (κ1) is 18.3. The van der Waals surface area contributed by atoms with Gasteiger partial charge in [0.25, 0.3) is 5.91 Å². The Bertz CT molecular complexity index is 763. The van der Waals surface area contributed by atoms with Crippen LogP contribution in [0.5, 0.6) is 11.5 Å². The molecular weight excluding hydrogens is 329 g/mol. The number of methoxy groups -OCH3 is 2. The first-order valence-electron chi connectivity index (χ1n) is 7.44. The smallest absolute Gasteiger partial charge is 0.337 e. The Hall–Kier alpha value is -3.09. The van der Waals surface area contributed by atoms with Gasteiger partial charge in [-0.15, -0.1) is 0 Å². The Morgan fingerprint density at radius 1 is 1.08 bits per heavy atom. The van der Waals surface area contributed by atoms with Crippen molar-refractivity contribution in [2.24, 2.45) is 0 Å². The highest BCUT2D eigenvalue weighted by Gasteiger charge is 2.13. The summed E-state index contributed by atoms with van der Waals surface area (Å²) in [4.78, 5) is 23.3. The van der Waals surface area contributed by atoms with Crippen LogP contribution in [0.15, 0.2) is 42.5 Å². The van der Waals surface area contributed by atoms with Gasteiger partial charge in [0.1, 0.15) is 5.82 Å². The van der Waals surface area contributed by atoms with Crippen molar-refractivity contribution < 1.29 is 28.2 Å². The molecule has 132 valence electrons. The fourth-order valence-corrected chi connectivity index (χ4v) is 2.06. The molecule has 1 N–H and O–H groups in total. The number of carbonyl (C=O) groups excluding carboxylic acids is 2. The third-order valence-corrected chi connectivity index (χ3v) is 3.38. The van der Waals surface area contributed by atoms with Crippen molar-refractivity contribution in [3.05, 3.63) is 59.4 Å². The predicted octanol–water partition coefficient (Wildman–Crippen LogP) is 2.32. The molecule has 1 amide bonds. The number of benzene rings is 2. The van der Waals surface area contributed by atoms with Gasteiger partial charge in [-0.05, 0) is 24.3 Å². The van der Waals surface area contributed by atoms with Crippen molar-refractivity contribution in [3.8, 4) is 11.5 Å².